The Bertz CT molecular complexity index is 624. The second-order valence-corrected chi connectivity index (χ2v) is 4.42. The molecule has 0 bridgehead atoms. The number of hydrogen-bond donors (Lipinski definition) is 2. The molecule has 0 radical (unpaired) electrons. The molecular formula is C14H14N2O4. The van der Waals surface area contributed by atoms with Gasteiger partial charge in [0, 0.05) is 5.69 Å². The first-order valence-corrected chi connectivity index (χ1v) is 6.02. The van der Waals surface area contributed by atoms with E-state index in [1.807, 2.05) is 0 Å². The van der Waals surface area contributed by atoms with E-state index in [1.165, 1.54) is 0 Å². The summed E-state index contributed by atoms with van der Waals surface area (Å²) in [4.78, 5) is 22.6. The van der Waals surface area contributed by atoms with Gasteiger partial charge in [-0.25, -0.2) is 0 Å². The third-order valence-corrected chi connectivity index (χ3v) is 2.83. The smallest absolute Gasteiger partial charge is 0.307 e. The van der Waals surface area contributed by atoms with Gasteiger partial charge in [0.1, 0.15) is 11.3 Å². The van der Waals surface area contributed by atoms with E-state index in [4.69, 9.17) is 9.63 Å². The van der Waals surface area contributed by atoms with Gasteiger partial charge in [0.25, 0.3) is 5.91 Å². The zero-order valence-electron chi connectivity index (χ0n) is 11.1. The standard InChI is InChI=1S/C14H14N2O4/c1-8-13(9(2)20-16-8)14(19)15-11-5-3-10(4-6-11)7-12(17)18/h3-6H,7H2,1-2H3,(H,15,19)(H,17,18). The highest BCUT2D eigenvalue weighted by atomic mass is 16.5. The fraction of sp³-hybridized carbons (Fsp3) is 0.214. The van der Waals surface area contributed by atoms with Gasteiger partial charge >= 0.3 is 5.97 Å². The Hall–Kier alpha value is -2.63. The zero-order chi connectivity index (χ0) is 14.7. The Morgan fingerprint density at radius 2 is 1.90 bits per heavy atom. The minimum atomic E-state index is -0.891. The van der Waals surface area contributed by atoms with Crippen LogP contribution in [0.2, 0.25) is 0 Å². The molecule has 0 atom stereocenters. The van der Waals surface area contributed by atoms with Crippen LogP contribution in [0.1, 0.15) is 27.4 Å². The molecule has 0 aliphatic heterocycles. The number of aromatic nitrogens is 1. The number of amides is 1. The van der Waals surface area contributed by atoms with Crippen LogP contribution in [0.15, 0.2) is 28.8 Å². The number of aliphatic carboxylic acids is 1. The predicted molar refractivity (Wildman–Crippen MR) is 71.7 cm³/mol. The molecule has 1 amide bonds. The molecule has 2 aromatic rings. The molecule has 2 N–H and O–H groups in total. The number of benzene rings is 1. The molecule has 0 saturated heterocycles. The summed E-state index contributed by atoms with van der Waals surface area (Å²) in [7, 11) is 0. The maximum absolute atomic E-state index is 12.1. The Morgan fingerprint density at radius 1 is 1.25 bits per heavy atom. The van der Waals surface area contributed by atoms with E-state index in [9.17, 15) is 9.59 Å². The molecule has 6 heteroatoms. The first-order valence-electron chi connectivity index (χ1n) is 6.02. The molecule has 0 fully saturated rings. The lowest BCUT2D eigenvalue weighted by molar-refractivity contribution is -0.136. The van der Waals surface area contributed by atoms with E-state index in [-0.39, 0.29) is 12.3 Å². The number of carbonyl (C=O) groups excluding carboxylic acids is 1. The lowest BCUT2D eigenvalue weighted by Gasteiger charge is -2.05. The molecule has 2 rings (SSSR count). The van der Waals surface area contributed by atoms with Crippen molar-refractivity contribution in [2.24, 2.45) is 0 Å². The van der Waals surface area contributed by atoms with Crippen molar-refractivity contribution in [3.05, 3.63) is 46.8 Å². The lowest BCUT2D eigenvalue weighted by Crippen LogP contribution is -2.13. The third kappa shape index (κ3) is 3.03. The van der Waals surface area contributed by atoms with Crippen molar-refractivity contribution >= 4 is 17.6 Å². The highest BCUT2D eigenvalue weighted by molar-refractivity contribution is 6.05. The Balaban J connectivity index is 2.10. The lowest BCUT2D eigenvalue weighted by atomic mass is 10.1. The van der Waals surface area contributed by atoms with Gasteiger partial charge in [-0.1, -0.05) is 17.3 Å². The van der Waals surface area contributed by atoms with Crippen molar-refractivity contribution in [2.75, 3.05) is 5.32 Å². The number of hydrogen-bond acceptors (Lipinski definition) is 4. The number of carboxylic acid groups (broad SMARTS) is 1. The fourth-order valence-corrected chi connectivity index (χ4v) is 1.88. The summed E-state index contributed by atoms with van der Waals surface area (Å²) in [5, 5.41) is 15.1. The topological polar surface area (TPSA) is 92.4 Å². The van der Waals surface area contributed by atoms with Gasteiger partial charge in [-0.2, -0.15) is 0 Å². The first kappa shape index (κ1) is 13.8. The van der Waals surface area contributed by atoms with Gasteiger partial charge in [0.05, 0.1) is 12.1 Å². The molecule has 1 heterocycles. The average Bonchev–Trinajstić information content (AvgIpc) is 2.71. The summed E-state index contributed by atoms with van der Waals surface area (Å²) in [5.74, 6) is -0.729. The molecule has 0 unspecified atom stereocenters. The molecule has 104 valence electrons. The van der Waals surface area contributed by atoms with E-state index in [0.29, 0.717) is 28.3 Å². The SMILES string of the molecule is Cc1noc(C)c1C(=O)Nc1ccc(CC(=O)O)cc1. The molecule has 0 spiro atoms. The van der Waals surface area contributed by atoms with Crippen LogP contribution < -0.4 is 5.32 Å². The van der Waals surface area contributed by atoms with Crippen LogP contribution in [-0.4, -0.2) is 22.1 Å². The van der Waals surface area contributed by atoms with Crippen LogP contribution in [0.3, 0.4) is 0 Å². The van der Waals surface area contributed by atoms with Crippen LogP contribution in [-0.2, 0) is 11.2 Å². The normalized spacial score (nSPS) is 10.3. The first-order chi connectivity index (χ1) is 9.47. The molecule has 1 aromatic carbocycles. The van der Waals surface area contributed by atoms with E-state index in [2.05, 4.69) is 10.5 Å². The Morgan fingerprint density at radius 3 is 2.40 bits per heavy atom. The van der Waals surface area contributed by atoms with Gasteiger partial charge < -0.3 is 14.9 Å². The summed E-state index contributed by atoms with van der Waals surface area (Å²) < 4.78 is 4.94. The molecule has 0 saturated carbocycles. The van der Waals surface area contributed by atoms with E-state index < -0.39 is 5.97 Å². The van der Waals surface area contributed by atoms with Crippen LogP contribution in [0.4, 0.5) is 5.69 Å². The van der Waals surface area contributed by atoms with Gasteiger partial charge in [-0.15, -0.1) is 0 Å². The molecular weight excluding hydrogens is 260 g/mol. The van der Waals surface area contributed by atoms with Crippen molar-refractivity contribution < 1.29 is 19.2 Å². The number of nitrogens with one attached hydrogen (secondary N) is 1. The Kier molecular flexibility index (Phi) is 3.84. The maximum Gasteiger partial charge on any atom is 0.307 e. The number of carboxylic acids is 1. The number of anilines is 1. The van der Waals surface area contributed by atoms with Gasteiger partial charge in [-0.05, 0) is 31.5 Å². The van der Waals surface area contributed by atoms with Gasteiger partial charge in [0.2, 0.25) is 0 Å². The summed E-state index contributed by atoms with van der Waals surface area (Å²) in [6.45, 7) is 3.37. The van der Waals surface area contributed by atoms with Crippen LogP contribution in [0.25, 0.3) is 0 Å². The monoisotopic (exact) mass is 274 g/mol. The summed E-state index contributed by atoms with van der Waals surface area (Å²) in [5.41, 5.74) is 2.21. The largest absolute Gasteiger partial charge is 0.481 e. The quantitative estimate of drug-likeness (QED) is 0.891. The summed E-state index contributed by atoms with van der Waals surface area (Å²) in [6, 6.07) is 6.65. The fourth-order valence-electron chi connectivity index (χ4n) is 1.88. The third-order valence-electron chi connectivity index (χ3n) is 2.83. The van der Waals surface area contributed by atoms with Crippen LogP contribution >= 0.6 is 0 Å². The van der Waals surface area contributed by atoms with Crippen LogP contribution in [0.5, 0.6) is 0 Å². The molecule has 0 aliphatic rings. The predicted octanol–water partition coefficient (Wildman–Crippen LogP) is 2.17. The number of rotatable bonds is 4. The molecule has 6 nitrogen and oxygen atoms in total. The van der Waals surface area contributed by atoms with E-state index in [0.717, 1.165) is 0 Å². The summed E-state index contributed by atoms with van der Waals surface area (Å²) >= 11 is 0. The molecule has 0 aliphatic carbocycles. The number of aryl methyl sites for hydroxylation is 2. The van der Waals surface area contributed by atoms with E-state index in [1.54, 1.807) is 38.1 Å². The minimum absolute atomic E-state index is 0.0436. The minimum Gasteiger partial charge on any atom is -0.481 e. The highest BCUT2D eigenvalue weighted by Crippen LogP contribution is 2.16. The van der Waals surface area contributed by atoms with Crippen molar-refractivity contribution in [3.8, 4) is 0 Å². The summed E-state index contributed by atoms with van der Waals surface area (Å²) in [6.07, 6.45) is -0.0436. The van der Waals surface area contributed by atoms with Crippen LogP contribution in [0, 0.1) is 13.8 Å². The second kappa shape index (κ2) is 5.56. The second-order valence-electron chi connectivity index (χ2n) is 4.42. The van der Waals surface area contributed by atoms with E-state index >= 15 is 0 Å². The number of nitrogens with zero attached hydrogens (tertiary/aromatic N) is 1. The molecule has 20 heavy (non-hydrogen) atoms. The maximum atomic E-state index is 12.1. The highest BCUT2D eigenvalue weighted by Gasteiger charge is 2.17. The van der Waals surface area contributed by atoms with Crippen molar-refractivity contribution in [2.45, 2.75) is 20.3 Å². The van der Waals surface area contributed by atoms with Crippen molar-refractivity contribution in [1.82, 2.24) is 5.16 Å². The zero-order valence-corrected chi connectivity index (χ0v) is 11.1. The Labute approximate surface area is 115 Å². The van der Waals surface area contributed by atoms with Gasteiger partial charge in [-0.3, -0.25) is 9.59 Å². The molecule has 1 aromatic heterocycles. The van der Waals surface area contributed by atoms with Gasteiger partial charge in [0.15, 0.2) is 0 Å². The average molecular weight is 274 g/mol. The van der Waals surface area contributed by atoms with Crippen molar-refractivity contribution in [3.63, 3.8) is 0 Å². The van der Waals surface area contributed by atoms with Crippen molar-refractivity contribution in [1.29, 1.82) is 0 Å². The number of carbonyl (C=O) groups is 2.